The molecule has 0 spiro atoms. The molecule has 1 aromatic carbocycles. The number of hydrogen-bond donors (Lipinski definition) is 1. The maximum absolute atomic E-state index is 3.54. The average Bonchev–Trinajstić information content (AvgIpc) is 2.39. The summed E-state index contributed by atoms with van der Waals surface area (Å²) in [6.45, 7) is 2.34. The summed E-state index contributed by atoms with van der Waals surface area (Å²) in [5.74, 6) is 1.55. The number of hydrogen-bond acceptors (Lipinski definition) is 1. The van der Waals surface area contributed by atoms with Crippen molar-refractivity contribution in [3.05, 3.63) is 33.8 Å². The molecule has 0 saturated carbocycles. The average molecular weight is 238 g/mol. The van der Waals surface area contributed by atoms with Crippen LogP contribution < -0.4 is 5.32 Å². The molecular formula is C11H12BrN. The van der Waals surface area contributed by atoms with Gasteiger partial charge in [-0.2, -0.15) is 0 Å². The fourth-order valence-electron chi connectivity index (χ4n) is 2.69. The first-order valence-corrected chi connectivity index (χ1v) is 5.64. The maximum Gasteiger partial charge on any atom is 0.0178 e. The summed E-state index contributed by atoms with van der Waals surface area (Å²) in [4.78, 5) is 0. The van der Waals surface area contributed by atoms with Gasteiger partial charge in [-0.15, -0.1) is 0 Å². The molecule has 1 aliphatic heterocycles. The molecule has 13 heavy (non-hydrogen) atoms. The molecule has 1 N–H and O–H groups in total. The summed E-state index contributed by atoms with van der Waals surface area (Å²) in [7, 11) is 0. The molecule has 1 saturated heterocycles. The molecule has 0 radical (unpaired) electrons. The monoisotopic (exact) mass is 237 g/mol. The Morgan fingerprint density at radius 3 is 2.77 bits per heavy atom. The van der Waals surface area contributed by atoms with E-state index < -0.39 is 0 Å². The lowest BCUT2D eigenvalue weighted by molar-refractivity contribution is 0.454. The Balaban J connectivity index is 2.15. The highest BCUT2D eigenvalue weighted by atomic mass is 79.9. The normalized spacial score (nSPS) is 30.2. The number of nitrogens with one attached hydrogen (secondary N) is 1. The molecule has 3 rings (SSSR count). The Morgan fingerprint density at radius 1 is 1.15 bits per heavy atom. The van der Waals surface area contributed by atoms with Crippen molar-refractivity contribution in [2.24, 2.45) is 0 Å². The Morgan fingerprint density at radius 2 is 1.92 bits per heavy atom. The van der Waals surface area contributed by atoms with E-state index in [9.17, 15) is 0 Å². The van der Waals surface area contributed by atoms with Crippen LogP contribution >= 0.6 is 15.9 Å². The molecule has 1 aliphatic carbocycles. The molecule has 0 unspecified atom stereocenters. The summed E-state index contributed by atoms with van der Waals surface area (Å²) in [5, 5.41) is 3.50. The summed E-state index contributed by atoms with van der Waals surface area (Å²) in [6, 6.07) is 6.75. The third kappa shape index (κ3) is 1.16. The van der Waals surface area contributed by atoms with Crippen molar-refractivity contribution >= 4 is 15.9 Å². The van der Waals surface area contributed by atoms with Crippen LogP contribution in [0.5, 0.6) is 0 Å². The first kappa shape index (κ1) is 8.01. The van der Waals surface area contributed by atoms with Crippen LogP contribution in [0.25, 0.3) is 0 Å². The van der Waals surface area contributed by atoms with Gasteiger partial charge in [-0.05, 0) is 41.5 Å². The molecule has 2 heteroatoms. The van der Waals surface area contributed by atoms with Gasteiger partial charge in [-0.25, -0.2) is 0 Å². The molecule has 0 aromatic heterocycles. The van der Waals surface area contributed by atoms with Crippen molar-refractivity contribution in [1.82, 2.24) is 5.32 Å². The van der Waals surface area contributed by atoms with Gasteiger partial charge in [0, 0.05) is 17.6 Å². The van der Waals surface area contributed by atoms with Crippen molar-refractivity contribution in [1.29, 1.82) is 0 Å². The van der Waals surface area contributed by atoms with Crippen LogP contribution in [0.15, 0.2) is 22.7 Å². The van der Waals surface area contributed by atoms with Crippen LogP contribution in [0.2, 0.25) is 0 Å². The van der Waals surface area contributed by atoms with E-state index in [1.807, 2.05) is 0 Å². The first-order chi connectivity index (χ1) is 6.34. The Bertz CT molecular complexity index is 348. The minimum Gasteiger partial charge on any atom is -0.316 e. The van der Waals surface area contributed by atoms with E-state index >= 15 is 0 Å². The molecule has 68 valence electrons. The predicted octanol–water partition coefficient (Wildman–Crippen LogP) is 2.62. The quantitative estimate of drug-likeness (QED) is 0.732. The zero-order valence-corrected chi connectivity index (χ0v) is 8.97. The standard InChI is InChI=1S/C11H12BrN/c12-9-1-2-10-7-3-8(6-13-5-7)11(10)4-9/h1-2,4,7-8,13H,3,5-6H2/t7-,8+/m0/s1. The lowest BCUT2D eigenvalue weighted by atomic mass is 9.98. The second-order valence-corrected chi connectivity index (χ2v) is 4.98. The van der Waals surface area contributed by atoms with Gasteiger partial charge in [-0.1, -0.05) is 22.0 Å². The van der Waals surface area contributed by atoms with Gasteiger partial charge < -0.3 is 5.32 Å². The predicted molar refractivity (Wildman–Crippen MR) is 57.1 cm³/mol. The van der Waals surface area contributed by atoms with Crippen LogP contribution in [0.1, 0.15) is 29.4 Å². The molecule has 2 bridgehead atoms. The van der Waals surface area contributed by atoms with Gasteiger partial charge in [0.2, 0.25) is 0 Å². The van der Waals surface area contributed by atoms with Crippen LogP contribution in [0, 0.1) is 0 Å². The van der Waals surface area contributed by atoms with E-state index in [4.69, 9.17) is 0 Å². The number of benzene rings is 1. The highest BCUT2D eigenvalue weighted by Gasteiger charge is 2.33. The summed E-state index contributed by atoms with van der Waals surface area (Å²) < 4.78 is 1.22. The third-order valence-corrected chi connectivity index (χ3v) is 3.77. The molecule has 0 amide bonds. The van der Waals surface area contributed by atoms with Gasteiger partial charge in [0.25, 0.3) is 0 Å². The summed E-state index contributed by atoms with van der Waals surface area (Å²) in [6.07, 6.45) is 1.36. The first-order valence-electron chi connectivity index (χ1n) is 4.84. The minimum absolute atomic E-state index is 0.770. The topological polar surface area (TPSA) is 12.0 Å². The molecule has 2 aliphatic rings. The van der Waals surface area contributed by atoms with E-state index in [1.54, 1.807) is 11.1 Å². The zero-order valence-electron chi connectivity index (χ0n) is 7.39. The highest BCUT2D eigenvalue weighted by molar-refractivity contribution is 9.10. The van der Waals surface area contributed by atoms with Crippen molar-refractivity contribution in [2.75, 3.05) is 13.1 Å². The van der Waals surface area contributed by atoms with Crippen LogP contribution in [0.4, 0.5) is 0 Å². The van der Waals surface area contributed by atoms with Crippen LogP contribution in [0.3, 0.4) is 0 Å². The van der Waals surface area contributed by atoms with Crippen molar-refractivity contribution in [2.45, 2.75) is 18.3 Å². The molecular weight excluding hydrogens is 226 g/mol. The summed E-state index contributed by atoms with van der Waals surface area (Å²) >= 11 is 3.54. The van der Waals surface area contributed by atoms with Gasteiger partial charge in [0.05, 0.1) is 0 Å². The van der Waals surface area contributed by atoms with Gasteiger partial charge in [0.15, 0.2) is 0 Å². The minimum atomic E-state index is 0.770. The lowest BCUT2D eigenvalue weighted by Gasteiger charge is -2.19. The Hall–Kier alpha value is -0.340. The highest BCUT2D eigenvalue weighted by Crippen LogP contribution is 2.44. The molecule has 1 fully saturated rings. The Labute approximate surface area is 86.7 Å². The summed E-state index contributed by atoms with van der Waals surface area (Å²) in [5.41, 5.74) is 3.16. The SMILES string of the molecule is Brc1ccc2c(c1)[C@H]1CNC[C@@H]2C1. The lowest BCUT2D eigenvalue weighted by Crippen LogP contribution is -2.28. The van der Waals surface area contributed by atoms with E-state index in [1.165, 1.54) is 24.0 Å². The zero-order chi connectivity index (χ0) is 8.84. The van der Waals surface area contributed by atoms with Crippen molar-refractivity contribution in [3.8, 4) is 0 Å². The van der Waals surface area contributed by atoms with E-state index in [0.717, 1.165) is 11.8 Å². The van der Waals surface area contributed by atoms with E-state index in [-0.39, 0.29) is 0 Å². The third-order valence-electron chi connectivity index (χ3n) is 3.28. The molecule has 1 aromatic rings. The molecule has 2 atom stereocenters. The molecule has 1 heterocycles. The van der Waals surface area contributed by atoms with Crippen molar-refractivity contribution < 1.29 is 0 Å². The Kier molecular flexibility index (Phi) is 1.74. The van der Waals surface area contributed by atoms with Gasteiger partial charge in [-0.3, -0.25) is 0 Å². The van der Waals surface area contributed by atoms with Crippen LogP contribution in [-0.2, 0) is 0 Å². The maximum atomic E-state index is 3.54. The van der Waals surface area contributed by atoms with Gasteiger partial charge in [0.1, 0.15) is 0 Å². The number of piperidine rings is 1. The smallest absolute Gasteiger partial charge is 0.0178 e. The largest absolute Gasteiger partial charge is 0.316 e. The fourth-order valence-corrected chi connectivity index (χ4v) is 3.07. The number of rotatable bonds is 0. The van der Waals surface area contributed by atoms with E-state index in [0.29, 0.717) is 0 Å². The van der Waals surface area contributed by atoms with Crippen molar-refractivity contribution in [3.63, 3.8) is 0 Å². The van der Waals surface area contributed by atoms with Crippen LogP contribution in [-0.4, -0.2) is 13.1 Å². The second kappa shape index (κ2) is 2.82. The van der Waals surface area contributed by atoms with Gasteiger partial charge >= 0.3 is 0 Å². The molecule has 1 nitrogen and oxygen atoms in total. The number of halogens is 1. The number of fused-ring (bicyclic) bond motifs is 5. The van der Waals surface area contributed by atoms with E-state index in [2.05, 4.69) is 39.4 Å². The second-order valence-electron chi connectivity index (χ2n) is 4.06. The fraction of sp³-hybridized carbons (Fsp3) is 0.455.